The number of amides is 1. The number of hydrogen-bond acceptors (Lipinski definition) is 3. The van der Waals surface area contributed by atoms with Crippen LogP contribution in [0.2, 0.25) is 0 Å². The summed E-state index contributed by atoms with van der Waals surface area (Å²) in [4.78, 5) is 14.2. The number of anilines is 1. The normalized spacial score (nSPS) is 17.3. The fraction of sp³-hybridized carbons (Fsp3) is 0.100. The summed E-state index contributed by atoms with van der Waals surface area (Å²) in [6.07, 6.45) is 0. The number of benzene rings is 4. The number of rotatable bonds is 3. The molecule has 5 heteroatoms. The maximum Gasteiger partial charge on any atom is 0.270 e. The summed E-state index contributed by atoms with van der Waals surface area (Å²) < 4.78 is 28.6. The fourth-order valence-electron chi connectivity index (χ4n) is 4.41. The van der Waals surface area contributed by atoms with Crippen molar-refractivity contribution in [3.8, 4) is 11.8 Å². The molecule has 1 heterocycles. The first-order chi connectivity index (χ1) is 17.0. The molecule has 0 bridgehead atoms. The number of nitrogens with zero attached hydrogens (tertiary/aromatic N) is 1. The van der Waals surface area contributed by atoms with E-state index in [0.717, 1.165) is 21.0 Å². The van der Waals surface area contributed by atoms with Gasteiger partial charge in [-0.1, -0.05) is 96.3 Å². The van der Waals surface area contributed by atoms with Gasteiger partial charge in [0, 0.05) is 5.56 Å². The molecule has 1 aliphatic rings. The molecule has 172 valence electrons. The highest BCUT2D eigenvalue weighted by Crippen LogP contribution is 2.46. The van der Waals surface area contributed by atoms with Crippen LogP contribution >= 0.6 is 0 Å². The van der Waals surface area contributed by atoms with Crippen LogP contribution in [0.25, 0.3) is 0 Å². The quantitative estimate of drug-likeness (QED) is 0.358. The minimum atomic E-state index is -4.14. The Kier molecular flexibility index (Phi) is 5.98. The van der Waals surface area contributed by atoms with E-state index in [2.05, 4.69) is 11.8 Å². The SMILES string of the molecule is Cc1ccc(S(=O)(=O)N2C(=O)[C@H](c3ccccc3)[C@@H](C#Cc3ccccc3)c3ccccc32)cc1. The van der Waals surface area contributed by atoms with Gasteiger partial charge in [-0.2, -0.15) is 0 Å². The molecule has 4 aromatic rings. The minimum Gasteiger partial charge on any atom is -0.273 e. The average Bonchev–Trinajstić information content (AvgIpc) is 2.88. The molecule has 0 unspecified atom stereocenters. The highest BCUT2D eigenvalue weighted by Gasteiger charge is 2.45. The van der Waals surface area contributed by atoms with E-state index in [1.54, 1.807) is 36.4 Å². The molecular weight excluding hydrogens is 454 g/mol. The second kappa shape index (κ2) is 9.25. The van der Waals surface area contributed by atoms with E-state index < -0.39 is 27.8 Å². The van der Waals surface area contributed by atoms with Crippen molar-refractivity contribution in [1.29, 1.82) is 0 Å². The first-order valence-electron chi connectivity index (χ1n) is 11.3. The van der Waals surface area contributed by atoms with Gasteiger partial charge in [0.1, 0.15) is 0 Å². The third-order valence-corrected chi connectivity index (χ3v) is 7.88. The summed E-state index contributed by atoms with van der Waals surface area (Å²) in [5, 5.41) is 0. The van der Waals surface area contributed by atoms with Crippen molar-refractivity contribution in [2.24, 2.45) is 0 Å². The fourth-order valence-corrected chi connectivity index (χ4v) is 5.87. The van der Waals surface area contributed by atoms with E-state index in [-0.39, 0.29) is 4.90 Å². The van der Waals surface area contributed by atoms with Crippen molar-refractivity contribution in [3.63, 3.8) is 0 Å². The zero-order valence-corrected chi connectivity index (χ0v) is 19.9. The third kappa shape index (κ3) is 4.25. The summed E-state index contributed by atoms with van der Waals surface area (Å²) in [7, 11) is -4.14. The van der Waals surface area contributed by atoms with Crippen molar-refractivity contribution < 1.29 is 13.2 Å². The number of carbonyl (C=O) groups excluding carboxylic acids is 1. The van der Waals surface area contributed by atoms with Gasteiger partial charge < -0.3 is 0 Å². The predicted octanol–water partition coefficient (Wildman–Crippen LogP) is 5.65. The molecule has 0 aromatic heterocycles. The van der Waals surface area contributed by atoms with E-state index >= 15 is 0 Å². The van der Waals surface area contributed by atoms with Gasteiger partial charge in [-0.3, -0.25) is 4.79 Å². The molecular formula is C30H23NO3S. The lowest BCUT2D eigenvalue weighted by atomic mass is 9.78. The molecule has 5 rings (SSSR count). The zero-order chi connectivity index (χ0) is 24.4. The van der Waals surface area contributed by atoms with E-state index in [9.17, 15) is 13.2 Å². The molecule has 35 heavy (non-hydrogen) atoms. The highest BCUT2D eigenvalue weighted by molar-refractivity contribution is 7.93. The lowest BCUT2D eigenvalue weighted by molar-refractivity contribution is -0.119. The van der Waals surface area contributed by atoms with Crippen LogP contribution in [-0.2, 0) is 14.8 Å². The summed E-state index contributed by atoms with van der Waals surface area (Å²) in [5.74, 6) is 4.70. The molecule has 0 spiro atoms. The molecule has 1 amide bonds. The van der Waals surface area contributed by atoms with Crippen LogP contribution in [0, 0.1) is 18.8 Å². The van der Waals surface area contributed by atoms with Crippen LogP contribution < -0.4 is 4.31 Å². The van der Waals surface area contributed by atoms with Gasteiger partial charge >= 0.3 is 0 Å². The smallest absolute Gasteiger partial charge is 0.270 e. The first kappa shape index (κ1) is 22.6. The van der Waals surface area contributed by atoms with Crippen LogP contribution in [0.15, 0.2) is 114 Å². The van der Waals surface area contributed by atoms with Crippen LogP contribution in [0.3, 0.4) is 0 Å². The van der Waals surface area contributed by atoms with Crippen LogP contribution in [0.4, 0.5) is 5.69 Å². The molecule has 4 aromatic carbocycles. The van der Waals surface area contributed by atoms with Gasteiger partial charge in [0.05, 0.1) is 22.4 Å². The van der Waals surface area contributed by atoms with Crippen LogP contribution in [-0.4, -0.2) is 14.3 Å². The number of sulfonamides is 1. The molecule has 0 fully saturated rings. The Morgan fingerprint density at radius 3 is 2.03 bits per heavy atom. The lowest BCUT2D eigenvalue weighted by Gasteiger charge is -2.37. The largest absolute Gasteiger partial charge is 0.273 e. The molecule has 0 aliphatic carbocycles. The molecule has 1 aliphatic heterocycles. The second-order valence-electron chi connectivity index (χ2n) is 8.48. The zero-order valence-electron chi connectivity index (χ0n) is 19.1. The first-order valence-corrected chi connectivity index (χ1v) is 12.8. The van der Waals surface area contributed by atoms with E-state index in [4.69, 9.17) is 0 Å². The number of carbonyl (C=O) groups is 1. The summed E-state index contributed by atoms with van der Waals surface area (Å²) in [6.45, 7) is 1.89. The standard InChI is InChI=1S/C30H23NO3S/c1-22-16-19-25(20-17-22)35(33,34)31-28-15-9-8-14-26(28)27(21-18-23-10-4-2-5-11-23)29(30(31)32)24-12-6-3-7-13-24/h2-17,19-20,27,29H,1H3/t27-,29+/m0/s1. The van der Waals surface area contributed by atoms with Crippen molar-refractivity contribution in [3.05, 3.63) is 131 Å². The Morgan fingerprint density at radius 2 is 1.34 bits per heavy atom. The van der Waals surface area contributed by atoms with Crippen LogP contribution in [0.5, 0.6) is 0 Å². The molecule has 0 radical (unpaired) electrons. The van der Waals surface area contributed by atoms with Crippen molar-refractivity contribution in [2.45, 2.75) is 23.7 Å². The number of aryl methyl sites for hydroxylation is 1. The van der Waals surface area contributed by atoms with Gasteiger partial charge in [0.2, 0.25) is 5.91 Å². The molecule has 0 N–H and O–H groups in total. The molecule has 0 saturated heterocycles. The Balaban J connectivity index is 1.72. The van der Waals surface area contributed by atoms with Gasteiger partial charge in [0.25, 0.3) is 10.0 Å². The van der Waals surface area contributed by atoms with Gasteiger partial charge in [-0.25, -0.2) is 12.7 Å². The predicted molar refractivity (Wildman–Crippen MR) is 138 cm³/mol. The Labute approximate surface area is 205 Å². The maximum atomic E-state index is 14.1. The van der Waals surface area contributed by atoms with Crippen molar-refractivity contribution >= 4 is 21.6 Å². The molecule has 2 atom stereocenters. The monoisotopic (exact) mass is 477 g/mol. The number of para-hydroxylation sites is 1. The van der Waals surface area contributed by atoms with E-state index in [0.29, 0.717) is 11.3 Å². The lowest BCUT2D eigenvalue weighted by Crippen LogP contribution is -2.45. The maximum absolute atomic E-state index is 14.1. The number of hydrogen-bond donors (Lipinski definition) is 0. The molecule has 4 nitrogen and oxygen atoms in total. The van der Waals surface area contributed by atoms with Crippen molar-refractivity contribution in [2.75, 3.05) is 4.31 Å². The second-order valence-corrected chi connectivity index (χ2v) is 10.3. The van der Waals surface area contributed by atoms with Gasteiger partial charge in [-0.05, 0) is 48.4 Å². The Hall–Kier alpha value is -4.14. The summed E-state index contributed by atoms with van der Waals surface area (Å²) in [6, 6.07) is 32.5. The van der Waals surface area contributed by atoms with Crippen molar-refractivity contribution in [1.82, 2.24) is 0 Å². The summed E-state index contributed by atoms with van der Waals surface area (Å²) in [5.41, 5.74) is 3.55. The van der Waals surface area contributed by atoms with E-state index in [1.165, 1.54) is 0 Å². The summed E-state index contributed by atoms with van der Waals surface area (Å²) >= 11 is 0. The Morgan fingerprint density at radius 1 is 0.743 bits per heavy atom. The average molecular weight is 478 g/mol. The molecule has 0 saturated carbocycles. The minimum absolute atomic E-state index is 0.0758. The van der Waals surface area contributed by atoms with Gasteiger partial charge in [0.15, 0.2) is 0 Å². The Bertz CT molecular complexity index is 1530. The van der Waals surface area contributed by atoms with E-state index in [1.807, 2.05) is 79.7 Å². The third-order valence-electron chi connectivity index (χ3n) is 6.15. The number of fused-ring (bicyclic) bond motifs is 1. The van der Waals surface area contributed by atoms with Gasteiger partial charge in [-0.15, -0.1) is 0 Å². The highest BCUT2D eigenvalue weighted by atomic mass is 32.2. The topological polar surface area (TPSA) is 54.5 Å². The van der Waals surface area contributed by atoms with Crippen LogP contribution in [0.1, 0.15) is 34.1 Å².